The van der Waals surface area contributed by atoms with Crippen molar-refractivity contribution in [2.75, 3.05) is 6.61 Å². The number of pyridine rings is 1. The van der Waals surface area contributed by atoms with Crippen molar-refractivity contribution >= 4 is 12.1 Å². The fourth-order valence-corrected chi connectivity index (χ4v) is 0.797. The van der Waals surface area contributed by atoms with Crippen LogP contribution in [0, 0.1) is 0 Å². The minimum atomic E-state index is -1.07. The van der Waals surface area contributed by atoms with Crippen molar-refractivity contribution in [3.8, 4) is 0 Å². The number of amides is 1. The third-order valence-electron chi connectivity index (χ3n) is 1.54. The number of rotatable bonds is 4. The molecule has 1 heterocycles. The fourth-order valence-electron chi connectivity index (χ4n) is 0.797. The Balaban J connectivity index is 2.47. The molecule has 0 spiro atoms. The molecule has 0 aliphatic carbocycles. The van der Waals surface area contributed by atoms with E-state index in [0.717, 1.165) is 6.21 Å². The molecule has 6 heteroatoms. The van der Waals surface area contributed by atoms with Crippen LogP contribution in [0.1, 0.15) is 10.4 Å². The smallest absolute Gasteiger partial charge is 0.271 e. The first kappa shape index (κ1) is 11.3. The minimum Gasteiger partial charge on any atom is -0.393 e. The van der Waals surface area contributed by atoms with Crippen LogP contribution in [-0.4, -0.2) is 40.0 Å². The highest BCUT2D eigenvalue weighted by atomic mass is 16.3. The summed E-state index contributed by atoms with van der Waals surface area (Å²) < 4.78 is 0. The van der Waals surface area contributed by atoms with E-state index in [1.807, 2.05) is 0 Å². The molecule has 3 N–H and O–H groups in total. The molecule has 0 aliphatic heterocycles. The molecule has 1 amide bonds. The van der Waals surface area contributed by atoms with Crippen molar-refractivity contribution in [3.63, 3.8) is 0 Å². The standard InChI is InChI=1S/C9H11N3O3/c13-6-8(14)5-11-12-9(15)7-1-3-10-4-2-7/h1-5,8,13-14H,6H2,(H,12,15)/b11-5+. The van der Waals surface area contributed by atoms with Crippen LogP contribution in [0.25, 0.3) is 0 Å². The summed E-state index contributed by atoms with van der Waals surface area (Å²) in [5, 5.41) is 20.8. The van der Waals surface area contributed by atoms with Gasteiger partial charge in [-0.25, -0.2) is 5.43 Å². The molecule has 1 atom stereocenters. The monoisotopic (exact) mass is 209 g/mol. The molecule has 1 aromatic heterocycles. The van der Waals surface area contributed by atoms with Crippen LogP contribution < -0.4 is 5.43 Å². The first-order valence-electron chi connectivity index (χ1n) is 4.26. The topological polar surface area (TPSA) is 94.8 Å². The number of carbonyl (C=O) groups is 1. The van der Waals surface area contributed by atoms with Gasteiger partial charge in [0.15, 0.2) is 0 Å². The molecule has 6 nitrogen and oxygen atoms in total. The summed E-state index contributed by atoms with van der Waals surface area (Å²) in [5.74, 6) is -0.404. The second-order valence-electron chi connectivity index (χ2n) is 2.70. The number of nitrogens with one attached hydrogen (secondary N) is 1. The quantitative estimate of drug-likeness (QED) is 0.444. The van der Waals surface area contributed by atoms with E-state index < -0.39 is 18.6 Å². The van der Waals surface area contributed by atoms with Gasteiger partial charge in [0.1, 0.15) is 6.10 Å². The molecule has 0 aromatic carbocycles. The minimum absolute atomic E-state index is 0.404. The Hall–Kier alpha value is -1.79. The SMILES string of the molecule is O=C(N/N=C/C(O)CO)c1ccncc1. The van der Waals surface area contributed by atoms with E-state index in [1.54, 1.807) is 0 Å². The van der Waals surface area contributed by atoms with E-state index in [9.17, 15) is 4.79 Å². The first-order valence-corrected chi connectivity index (χ1v) is 4.26. The Morgan fingerprint density at radius 2 is 2.27 bits per heavy atom. The predicted octanol–water partition coefficient (Wildman–Crippen LogP) is -0.850. The number of aliphatic hydroxyl groups excluding tert-OH is 2. The second kappa shape index (κ2) is 5.84. The number of hydrogen-bond acceptors (Lipinski definition) is 5. The number of aromatic nitrogens is 1. The van der Waals surface area contributed by atoms with Gasteiger partial charge < -0.3 is 10.2 Å². The molecule has 1 unspecified atom stereocenters. The van der Waals surface area contributed by atoms with Crippen LogP contribution in [0.5, 0.6) is 0 Å². The highest BCUT2D eigenvalue weighted by molar-refractivity contribution is 5.94. The zero-order valence-corrected chi connectivity index (χ0v) is 7.87. The van der Waals surface area contributed by atoms with Gasteiger partial charge in [0.2, 0.25) is 0 Å². The Kier molecular flexibility index (Phi) is 4.39. The molecule has 0 aliphatic rings. The summed E-state index contributed by atoms with van der Waals surface area (Å²) in [6.07, 6.45) is 2.95. The van der Waals surface area contributed by atoms with Crippen molar-refractivity contribution < 1.29 is 15.0 Å². The van der Waals surface area contributed by atoms with E-state index in [1.165, 1.54) is 24.5 Å². The zero-order chi connectivity index (χ0) is 11.1. The molecule has 80 valence electrons. The molecule has 0 radical (unpaired) electrons. The number of hydrogen-bond donors (Lipinski definition) is 3. The van der Waals surface area contributed by atoms with Gasteiger partial charge in [0, 0.05) is 18.0 Å². The van der Waals surface area contributed by atoms with Crippen molar-refractivity contribution in [1.29, 1.82) is 0 Å². The lowest BCUT2D eigenvalue weighted by Gasteiger charge is -2.00. The van der Waals surface area contributed by atoms with Crippen molar-refractivity contribution in [2.24, 2.45) is 5.10 Å². The van der Waals surface area contributed by atoms with E-state index in [-0.39, 0.29) is 0 Å². The van der Waals surface area contributed by atoms with E-state index in [2.05, 4.69) is 15.5 Å². The first-order chi connectivity index (χ1) is 7.24. The van der Waals surface area contributed by atoms with Crippen molar-refractivity contribution in [2.45, 2.75) is 6.10 Å². The van der Waals surface area contributed by atoms with Gasteiger partial charge in [0.25, 0.3) is 5.91 Å². The third kappa shape index (κ3) is 3.84. The maximum absolute atomic E-state index is 11.3. The molecule has 0 bridgehead atoms. The Bertz CT molecular complexity index is 340. The summed E-state index contributed by atoms with van der Waals surface area (Å²) in [6, 6.07) is 3.07. The molecule has 1 aromatic rings. The van der Waals surface area contributed by atoms with Gasteiger partial charge in [-0.1, -0.05) is 0 Å². The molecule has 15 heavy (non-hydrogen) atoms. The van der Waals surface area contributed by atoms with Gasteiger partial charge >= 0.3 is 0 Å². The van der Waals surface area contributed by atoms with Gasteiger partial charge in [-0.05, 0) is 12.1 Å². The number of hydrazone groups is 1. The van der Waals surface area contributed by atoms with E-state index in [0.29, 0.717) is 5.56 Å². The molecular weight excluding hydrogens is 198 g/mol. The summed E-state index contributed by atoms with van der Waals surface area (Å²) in [6.45, 7) is -0.436. The fraction of sp³-hybridized carbons (Fsp3) is 0.222. The number of aliphatic hydroxyl groups is 2. The lowest BCUT2D eigenvalue weighted by atomic mass is 10.3. The molecule has 0 fully saturated rings. The van der Waals surface area contributed by atoms with Crippen LogP contribution in [0.3, 0.4) is 0 Å². The predicted molar refractivity (Wildman–Crippen MR) is 53.3 cm³/mol. The van der Waals surface area contributed by atoms with Crippen LogP contribution >= 0.6 is 0 Å². The molecule has 0 saturated heterocycles. The molecule has 0 saturated carbocycles. The summed E-state index contributed by atoms with van der Waals surface area (Å²) in [4.78, 5) is 15.1. The Morgan fingerprint density at radius 3 is 2.87 bits per heavy atom. The van der Waals surface area contributed by atoms with E-state index >= 15 is 0 Å². The van der Waals surface area contributed by atoms with Crippen LogP contribution in [0.15, 0.2) is 29.6 Å². The maximum atomic E-state index is 11.3. The molecular formula is C9H11N3O3. The van der Waals surface area contributed by atoms with E-state index in [4.69, 9.17) is 10.2 Å². The van der Waals surface area contributed by atoms with Gasteiger partial charge in [0.05, 0.1) is 12.8 Å². The maximum Gasteiger partial charge on any atom is 0.271 e. The van der Waals surface area contributed by atoms with Crippen molar-refractivity contribution in [1.82, 2.24) is 10.4 Å². The summed E-state index contributed by atoms with van der Waals surface area (Å²) in [7, 11) is 0. The Labute approximate surface area is 86.3 Å². The lowest BCUT2D eigenvalue weighted by Crippen LogP contribution is -2.21. The van der Waals surface area contributed by atoms with Crippen LogP contribution in [-0.2, 0) is 0 Å². The summed E-state index contributed by atoms with van der Waals surface area (Å²) in [5.41, 5.74) is 2.61. The van der Waals surface area contributed by atoms with Crippen molar-refractivity contribution in [3.05, 3.63) is 30.1 Å². The van der Waals surface area contributed by atoms with Crippen LogP contribution in [0.2, 0.25) is 0 Å². The zero-order valence-electron chi connectivity index (χ0n) is 7.87. The highest BCUT2D eigenvalue weighted by Crippen LogP contribution is 1.94. The second-order valence-corrected chi connectivity index (χ2v) is 2.70. The van der Waals surface area contributed by atoms with Gasteiger partial charge in [-0.15, -0.1) is 0 Å². The number of carbonyl (C=O) groups excluding carboxylic acids is 1. The lowest BCUT2D eigenvalue weighted by molar-refractivity contribution is 0.0953. The van der Waals surface area contributed by atoms with Crippen LogP contribution in [0.4, 0.5) is 0 Å². The summed E-state index contributed by atoms with van der Waals surface area (Å²) >= 11 is 0. The molecule has 1 rings (SSSR count). The average molecular weight is 209 g/mol. The van der Waals surface area contributed by atoms with Gasteiger partial charge in [-0.2, -0.15) is 5.10 Å². The average Bonchev–Trinajstić information content (AvgIpc) is 2.29. The highest BCUT2D eigenvalue weighted by Gasteiger charge is 2.02. The van der Waals surface area contributed by atoms with Gasteiger partial charge in [-0.3, -0.25) is 9.78 Å². The number of nitrogens with zero attached hydrogens (tertiary/aromatic N) is 2. The third-order valence-corrected chi connectivity index (χ3v) is 1.54. The Morgan fingerprint density at radius 1 is 1.60 bits per heavy atom. The normalized spacial score (nSPS) is 12.7. The largest absolute Gasteiger partial charge is 0.393 e.